The van der Waals surface area contributed by atoms with Gasteiger partial charge in [0.05, 0.1) is 0 Å². The molecule has 0 aromatic carbocycles. The van der Waals surface area contributed by atoms with E-state index in [1.807, 2.05) is 0 Å². The first kappa shape index (κ1) is 14.8. The maximum absolute atomic E-state index is 3.86. The fourth-order valence-corrected chi connectivity index (χ4v) is 4.42. The number of nitrogens with zero attached hydrogens (tertiary/aromatic N) is 1. The quantitative estimate of drug-likeness (QED) is 0.822. The summed E-state index contributed by atoms with van der Waals surface area (Å²) in [6.45, 7) is 8.91. The van der Waals surface area contributed by atoms with Gasteiger partial charge in [-0.3, -0.25) is 4.90 Å². The van der Waals surface area contributed by atoms with Crippen molar-refractivity contribution in [2.24, 2.45) is 11.3 Å². The summed E-state index contributed by atoms with van der Waals surface area (Å²) in [5.41, 5.74) is 0.589. The van der Waals surface area contributed by atoms with Gasteiger partial charge in [0.15, 0.2) is 0 Å². The van der Waals surface area contributed by atoms with Crippen LogP contribution >= 0.6 is 0 Å². The molecule has 2 nitrogen and oxygen atoms in total. The summed E-state index contributed by atoms with van der Waals surface area (Å²) < 4.78 is 0. The predicted molar refractivity (Wildman–Crippen MR) is 86.0 cm³/mol. The van der Waals surface area contributed by atoms with Gasteiger partial charge in [-0.05, 0) is 63.3 Å². The van der Waals surface area contributed by atoms with E-state index in [0.717, 1.165) is 18.0 Å². The molecule has 0 aromatic heterocycles. The van der Waals surface area contributed by atoms with Gasteiger partial charge < -0.3 is 5.32 Å². The van der Waals surface area contributed by atoms with Crippen LogP contribution in [0, 0.1) is 11.3 Å². The smallest absolute Gasteiger partial charge is 0.00928 e. The van der Waals surface area contributed by atoms with Crippen LogP contribution in [0.3, 0.4) is 0 Å². The Hall–Kier alpha value is -0.0800. The molecule has 1 N–H and O–H groups in total. The normalized spacial score (nSPS) is 35.1. The third-order valence-electron chi connectivity index (χ3n) is 6.30. The van der Waals surface area contributed by atoms with Gasteiger partial charge >= 0.3 is 0 Å². The number of likely N-dealkylation sites (tertiary alicyclic amines) is 1. The van der Waals surface area contributed by atoms with Crippen molar-refractivity contribution >= 4 is 0 Å². The first-order valence-corrected chi connectivity index (χ1v) is 9.16. The van der Waals surface area contributed by atoms with Crippen LogP contribution in [0.2, 0.25) is 0 Å². The minimum atomic E-state index is 0.589. The van der Waals surface area contributed by atoms with E-state index < -0.39 is 0 Å². The Morgan fingerprint density at radius 3 is 2.45 bits per heavy atom. The van der Waals surface area contributed by atoms with Gasteiger partial charge in [-0.25, -0.2) is 0 Å². The Balaban J connectivity index is 1.61. The van der Waals surface area contributed by atoms with E-state index in [2.05, 4.69) is 24.1 Å². The van der Waals surface area contributed by atoms with Gasteiger partial charge in [0.25, 0.3) is 0 Å². The minimum Gasteiger partial charge on any atom is -0.313 e. The molecule has 2 atom stereocenters. The molecular formula is C18H34N2. The lowest BCUT2D eigenvalue weighted by Gasteiger charge is -2.46. The molecule has 2 heteroatoms. The van der Waals surface area contributed by atoms with Crippen molar-refractivity contribution in [2.75, 3.05) is 19.6 Å². The van der Waals surface area contributed by atoms with Gasteiger partial charge in [0.1, 0.15) is 0 Å². The summed E-state index contributed by atoms with van der Waals surface area (Å²) in [5, 5.41) is 3.86. The molecule has 2 unspecified atom stereocenters. The minimum absolute atomic E-state index is 0.589. The second-order valence-corrected chi connectivity index (χ2v) is 8.05. The molecule has 0 spiro atoms. The second kappa shape index (κ2) is 6.36. The van der Waals surface area contributed by atoms with Crippen LogP contribution in [0.25, 0.3) is 0 Å². The van der Waals surface area contributed by atoms with E-state index in [-0.39, 0.29) is 0 Å². The van der Waals surface area contributed by atoms with Crippen LogP contribution in [0.1, 0.15) is 71.6 Å². The molecule has 2 aliphatic carbocycles. The zero-order chi connectivity index (χ0) is 14.0. The van der Waals surface area contributed by atoms with E-state index in [1.165, 1.54) is 77.4 Å². The molecule has 1 heterocycles. The number of nitrogens with one attached hydrogen (secondary N) is 1. The fourth-order valence-electron chi connectivity index (χ4n) is 4.42. The Morgan fingerprint density at radius 2 is 1.75 bits per heavy atom. The molecule has 3 rings (SSSR count). The molecule has 1 saturated heterocycles. The standard InChI is InChI=1S/C18H34N2/c1-15-7-6-12-20(16(15)2)14-18(10-4-3-5-11-18)13-19-17-8-9-17/h15-17,19H,3-14H2,1-2H3. The molecule has 0 aromatic rings. The molecular weight excluding hydrogens is 244 g/mol. The van der Waals surface area contributed by atoms with E-state index in [1.54, 1.807) is 0 Å². The van der Waals surface area contributed by atoms with Crippen molar-refractivity contribution in [3.05, 3.63) is 0 Å². The lowest BCUT2D eigenvalue weighted by molar-refractivity contribution is 0.0394. The lowest BCUT2D eigenvalue weighted by Crippen LogP contribution is -2.51. The van der Waals surface area contributed by atoms with Crippen molar-refractivity contribution in [3.63, 3.8) is 0 Å². The van der Waals surface area contributed by atoms with Crippen LogP contribution in [-0.2, 0) is 0 Å². The van der Waals surface area contributed by atoms with Crippen LogP contribution < -0.4 is 5.32 Å². The zero-order valence-corrected chi connectivity index (χ0v) is 13.7. The molecule has 3 aliphatic rings. The highest BCUT2D eigenvalue weighted by atomic mass is 15.2. The third-order valence-corrected chi connectivity index (χ3v) is 6.30. The molecule has 3 fully saturated rings. The topological polar surface area (TPSA) is 15.3 Å². The fraction of sp³-hybridized carbons (Fsp3) is 1.00. The van der Waals surface area contributed by atoms with Crippen LogP contribution in [0.5, 0.6) is 0 Å². The van der Waals surface area contributed by atoms with Gasteiger partial charge in [-0.1, -0.05) is 26.2 Å². The zero-order valence-electron chi connectivity index (χ0n) is 13.7. The largest absolute Gasteiger partial charge is 0.313 e. The monoisotopic (exact) mass is 278 g/mol. The lowest BCUT2D eigenvalue weighted by atomic mass is 9.72. The predicted octanol–water partition coefficient (Wildman–Crippen LogP) is 3.81. The maximum atomic E-state index is 3.86. The summed E-state index contributed by atoms with van der Waals surface area (Å²) in [4.78, 5) is 2.83. The highest BCUT2D eigenvalue weighted by molar-refractivity contribution is 4.93. The van der Waals surface area contributed by atoms with Crippen molar-refractivity contribution in [1.82, 2.24) is 10.2 Å². The summed E-state index contributed by atoms with van der Waals surface area (Å²) >= 11 is 0. The third kappa shape index (κ3) is 3.57. The average molecular weight is 278 g/mol. The first-order chi connectivity index (χ1) is 9.69. The summed E-state index contributed by atoms with van der Waals surface area (Å²) in [6, 6.07) is 1.66. The Kier molecular flexibility index (Phi) is 4.72. The molecule has 0 radical (unpaired) electrons. The molecule has 0 bridgehead atoms. The van der Waals surface area contributed by atoms with Crippen molar-refractivity contribution in [3.8, 4) is 0 Å². The Bertz CT molecular complexity index is 305. The second-order valence-electron chi connectivity index (χ2n) is 8.05. The highest BCUT2D eigenvalue weighted by Crippen LogP contribution is 2.39. The van der Waals surface area contributed by atoms with E-state index >= 15 is 0 Å². The van der Waals surface area contributed by atoms with Crippen molar-refractivity contribution in [2.45, 2.75) is 83.7 Å². The number of hydrogen-bond donors (Lipinski definition) is 1. The van der Waals surface area contributed by atoms with Crippen LogP contribution in [0.4, 0.5) is 0 Å². The van der Waals surface area contributed by atoms with Gasteiger partial charge in [0, 0.05) is 25.2 Å². The number of rotatable bonds is 5. The molecule has 1 aliphatic heterocycles. The first-order valence-electron chi connectivity index (χ1n) is 9.16. The molecule has 2 saturated carbocycles. The Morgan fingerprint density at radius 1 is 1.00 bits per heavy atom. The van der Waals surface area contributed by atoms with Crippen molar-refractivity contribution < 1.29 is 0 Å². The number of piperidine rings is 1. The highest BCUT2D eigenvalue weighted by Gasteiger charge is 2.37. The molecule has 0 amide bonds. The maximum Gasteiger partial charge on any atom is 0.00928 e. The molecule has 116 valence electrons. The molecule has 20 heavy (non-hydrogen) atoms. The van der Waals surface area contributed by atoms with Gasteiger partial charge in [-0.2, -0.15) is 0 Å². The van der Waals surface area contributed by atoms with Crippen LogP contribution in [0.15, 0.2) is 0 Å². The SMILES string of the molecule is CC1CCCN(CC2(CNC3CC3)CCCCC2)C1C. The van der Waals surface area contributed by atoms with E-state index in [0.29, 0.717) is 5.41 Å². The van der Waals surface area contributed by atoms with Crippen LogP contribution in [-0.4, -0.2) is 36.6 Å². The summed E-state index contributed by atoms with van der Waals surface area (Å²) in [6.07, 6.45) is 13.0. The van der Waals surface area contributed by atoms with Gasteiger partial charge in [-0.15, -0.1) is 0 Å². The average Bonchev–Trinajstić information content (AvgIpc) is 3.27. The van der Waals surface area contributed by atoms with Crippen molar-refractivity contribution in [1.29, 1.82) is 0 Å². The Labute approximate surface area is 125 Å². The van der Waals surface area contributed by atoms with E-state index in [4.69, 9.17) is 0 Å². The van der Waals surface area contributed by atoms with E-state index in [9.17, 15) is 0 Å². The summed E-state index contributed by atoms with van der Waals surface area (Å²) in [5.74, 6) is 0.890. The van der Waals surface area contributed by atoms with Gasteiger partial charge in [0.2, 0.25) is 0 Å². The number of hydrogen-bond acceptors (Lipinski definition) is 2. The summed E-state index contributed by atoms with van der Waals surface area (Å²) in [7, 11) is 0.